The average molecular weight is 1330 g/mol. The maximum absolute atomic E-state index is 12.8. The van der Waals surface area contributed by atoms with E-state index in [-0.39, 0.29) is 32.6 Å². The predicted octanol–water partition coefficient (Wildman–Crippen LogP) is 25.0. The second-order valence-corrected chi connectivity index (χ2v) is 24.8. The van der Waals surface area contributed by atoms with Crippen molar-refractivity contribution in [3.8, 4) is 0 Å². The summed E-state index contributed by atoms with van der Waals surface area (Å²) in [6.07, 6.45) is 121. The number of ether oxygens (including phenoxy) is 2. The molecule has 0 saturated carbocycles. The molecule has 0 amide bonds. The standard InChI is InChI=1S/C85H132NO8P/c1-3-5-7-9-11-13-15-17-19-21-23-25-27-29-31-33-35-37-38-39-40-41-42-43-44-46-47-49-51-53-55-57-59-61-63-65-67-69-71-73-75-77-84(87)91-81-83(82-93-95(89,90)92-80-79-86)94-85(88)78-76-74-72-70-68-66-64-62-60-58-56-54-52-50-48-45-36-34-32-30-28-26-24-22-20-18-16-14-12-10-8-6-4-2/h5-8,11-14,17-20,23-26,29-32,35-37,39-40,42-43,45-47,50,52,56,58,62,64,68,70,83H,3-4,9-10,15-16,21-22,27-28,33-34,38,41,44,48-49,51,53-55,57,59-61,63,65-67,69,71-82,86H2,1-2H3,(H,89,90)/b7-5-,8-6-,13-11-,14-12-,19-17-,20-18-,25-23-,26-24-,31-29-,32-30-,37-35-,40-39-,43-42-,45-36-,47-46-,52-50-,58-56-,64-62-,70-68-. The first-order chi connectivity index (χ1) is 46.8. The van der Waals surface area contributed by atoms with Crippen molar-refractivity contribution in [1.82, 2.24) is 0 Å². The SMILES string of the molecule is CC/C=C\C/C=C\C/C=C\C/C=C\C/C=C\C/C=C\C/C=C\C/C=C\C/C=C\C/C=C\CCCCC(=O)OC(COC(=O)CCCCCCCCCCCCCCC/C=C\C/C=C\C/C=C\C/C=C\C/C=C\C/C=C\C/C=C\C/C=C\C/C=C\CC)COP(=O)(O)OCCN. The Morgan fingerprint density at radius 1 is 0.316 bits per heavy atom. The highest BCUT2D eigenvalue weighted by Crippen LogP contribution is 2.43. The van der Waals surface area contributed by atoms with Crippen LogP contribution in [-0.2, 0) is 32.7 Å². The Morgan fingerprint density at radius 2 is 0.547 bits per heavy atom. The van der Waals surface area contributed by atoms with Crippen molar-refractivity contribution in [2.24, 2.45) is 5.73 Å². The molecule has 0 aliphatic rings. The van der Waals surface area contributed by atoms with Crippen molar-refractivity contribution in [3.05, 3.63) is 231 Å². The molecular weight excluding hydrogens is 1190 g/mol. The first-order valence-electron chi connectivity index (χ1n) is 36.9. The van der Waals surface area contributed by atoms with Gasteiger partial charge in [0.1, 0.15) is 6.61 Å². The van der Waals surface area contributed by atoms with Crippen molar-refractivity contribution < 1.29 is 37.6 Å². The van der Waals surface area contributed by atoms with E-state index in [0.717, 1.165) is 154 Å². The maximum atomic E-state index is 12.8. The average Bonchev–Trinajstić information content (AvgIpc) is 3.25. The van der Waals surface area contributed by atoms with Crippen LogP contribution in [0.4, 0.5) is 0 Å². The molecule has 0 heterocycles. The Morgan fingerprint density at radius 3 is 0.832 bits per heavy atom. The van der Waals surface area contributed by atoms with Gasteiger partial charge in [-0.05, 0) is 161 Å². The molecular formula is C85H132NO8P. The molecule has 0 radical (unpaired) electrons. The van der Waals surface area contributed by atoms with E-state index in [1.54, 1.807) is 0 Å². The van der Waals surface area contributed by atoms with Gasteiger partial charge in [-0.1, -0.05) is 315 Å². The van der Waals surface area contributed by atoms with Gasteiger partial charge >= 0.3 is 19.8 Å². The summed E-state index contributed by atoms with van der Waals surface area (Å²) < 4.78 is 33.1. The van der Waals surface area contributed by atoms with Crippen molar-refractivity contribution in [1.29, 1.82) is 0 Å². The van der Waals surface area contributed by atoms with E-state index in [9.17, 15) is 19.0 Å². The summed E-state index contributed by atoms with van der Waals surface area (Å²) in [4.78, 5) is 35.4. The maximum Gasteiger partial charge on any atom is 0.472 e. The zero-order valence-corrected chi connectivity index (χ0v) is 60.4. The molecule has 0 aromatic heterocycles. The summed E-state index contributed by atoms with van der Waals surface area (Å²) >= 11 is 0. The number of unbranched alkanes of at least 4 members (excludes halogenated alkanes) is 15. The van der Waals surface area contributed by atoms with Crippen LogP contribution in [0.3, 0.4) is 0 Å². The number of hydrogen-bond acceptors (Lipinski definition) is 8. The van der Waals surface area contributed by atoms with Crippen molar-refractivity contribution >= 4 is 19.8 Å². The molecule has 0 saturated heterocycles. The van der Waals surface area contributed by atoms with E-state index in [0.29, 0.717) is 12.8 Å². The Labute approximate surface area is 581 Å². The van der Waals surface area contributed by atoms with Crippen molar-refractivity contribution in [2.45, 2.75) is 264 Å². The van der Waals surface area contributed by atoms with Gasteiger partial charge in [0.15, 0.2) is 6.10 Å². The zero-order chi connectivity index (χ0) is 68.6. The molecule has 530 valence electrons. The number of carbonyl (C=O) groups is 2. The smallest absolute Gasteiger partial charge is 0.462 e. The third-order valence-corrected chi connectivity index (χ3v) is 15.5. The zero-order valence-electron chi connectivity index (χ0n) is 59.5. The molecule has 0 rings (SSSR count). The van der Waals surface area contributed by atoms with Gasteiger partial charge in [-0.2, -0.15) is 0 Å². The summed E-state index contributed by atoms with van der Waals surface area (Å²) in [5, 5.41) is 0. The van der Waals surface area contributed by atoms with Crippen LogP contribution in [-0.4, -0.2) is 49.3 Å². The lowest BCUT2D eigenvalue weighted by Gasteiger charge is -2.19. The fraction of sp³-hybridized carbons (Fsp3) is 0.529. The molecule has 2 atom stereocenters. The summed E-state index contributed by atoms with van der Waals surface area (Å²) in [6.45, 7) is 3.44. The quantitative estimate of drug-likeness (QED) is 0.0264. The molecule has 10 heteroatoms. The minimum absolute atomic E-state index is 0.0343. The van der Waals surface area contributed by atoms with Crippen LogP contribution >= 0.6 is 7.82 Å². The molecule has 2 unspecified atom stereocenters. The number of hydrogen-bond donors (Lipinski definition) is 2. The van der Waals surface area contributed by atoms with Gasteiger partial charge in [-0.3, -0.25) is 18.6 Å². The Balaban J connectivity index is 4.02. The highest BCUT2D eigenvalue weighted by atomic mass is 31.2. The lowest BCUT2D eigenvalue weighted by Crippen LogP contribution is -2.29. The van der Waals surface area contributed by atoms with Gasteiger partial charge in [-0.15, -0.1) is 0 Å². The van der Waals surface area contributed by atoms with Gasteiger partial charge in [0.2, 0.25) is 0 Å². The molecule has 0 aromatic carbocycles. The Bertz CT molecular complexity index is 2410. The normalized spacial score (nSPS) is 14.3. The van der Waals surface area contributed by atoms with Crippen LogP contribution in [0.1, 0.15) is 258 Å². The van der Waals surface area contributed by atoms with Crippen LogP contribution in [0.2, 0.25) is 0 Å². The van der Waals surface area contributed by atoms with Gasteiger partial charge in [-0.25, -0.2) is 4.57 Å². The summed E-state index contributed by atoms with van der Waals surface area (Å²) in [6, 6.07) is 0. The fourth-order valence-electron chi connectivity index (χ4n) is 9.19. The molecule has 0 aromatic rings. The number of allylic oxidation sites excluding steroid dienone is 38. The number of nitrogens with two attached hydrogens (primary N) is 1. The third kappa shape index (κ3) is 77.0. The largest absolute Gasteiger partial charge is 0.472 e. The summed E-state index contributed by atoms with van der Waals surface area (Å²) in [5.74, 6) is -0.895. The summed E-state index contributed by atoms with van der Waals surface area (Å²) in [7, 11) is -4.42. The van der Waals surface area contributed by atoms with Crippen LogP contribution in [0.25, 0.3) is 0 Å². The molecule has 9 nitrogen and oxygen atoms in total. The third-order valence-electron chi connectivity index (χ3n) is 14.5. The lowest BCUT2D eigenvalue weighted by molar-refractivity contribution is -0.161. The van der Waals surface area contributed by atoms with Gasteiger partial charge in [0, 0.05) is 19.4 Å². The molecule has 0 bridgehead atoms. The Hall–Kier alpha value is -5.93. The molecule has 3 N–H and O–H groups in total. The van der Waals surface area contributed by atoms with E-state index >= 15 is 0 Å². The number of esters is 2. The Kier molecular flexibility index (Phi) is 72.3. The van der Waals surface area contributed by atoms with Gasteiger partial charge in [0.05, 0.1) is 13.2 Å². The lowest BCUT2D eigenvalue weighted by atomic mass is 10.0. The second kappa shape index (κ2) is 77.1. The van der Waals surface area contributed by atoms with Crippen LogP contribution in [0, 0.1) is 0 Å². The highest BCUT2D eigenvalue weighted by Gasteiger charge is 2.26. The molecule has 0 aliphatic heterocycles. The van der Waals surface area contributed by atoms with E-state index in [1.807, 2.05) is 0 Å². The fourth-order valence-corrected chi connectivity index (χ4v) is 9.95. The van der Waals surface area contributed by atoms with Gasteiger partial charge in [0.25, 0.3) is 0 Å². The van der Waals surface area contributed by atoms with Gasteiger partial charge < -0.3 is 20.1 Å². The summed E-state index contributed by atoms with van der Waals surface area (Å²) in [5.41, 5.74) is 5.40. The minimum Gasteiger partial charge on any atom is -0.462 e. The number of rotatable bonds is 66. The number of phosphoric acid groups is 1. The van der Waals surface area contributed by atoms with Crippen LogP contribution < -0.4 is 5.73 Å². The first kappa shape index (κ1) is 89.1. The van der Waals surface area contributed by atoms with Crippen LogP contribution in [0.5, 0.6) is 0 Å². The molecule has 0 fully saturated rings. The highest BCUT2D eigenvalue weighted by molar-refractivity contribution is 7.47. The first-order valence-corrected chi connectivity index (χ1v) is 38.4. The monoisotopic (exact) mass is 1330 g/mol. The number of phosphoric ester groups is 1. The molecule has 0 aliphatic carbocycles. The van der Waals surface area contributed by atoms with E-state index in [1.165, 1.54) is 64.2 Å². The topological polar surface area (TPSA) is 134 Å². The van der Waals surface area contributed by atoms with E-state index in [2.05, 4.69) is 245 Å². The number of carbonyl (C=O) groups excluding carboxylic acids is 2. The predicted molar refractivity (Wildman–Crippen MR) is 412 cm³/mol. The van der Waals surface area contributed by atoms with Crippen LogP contribution in [0.15, 0.2) is 231 Å². The van der Waals surface area contributed by atoms with E-state index < -0.39 is 32.5 Å². The van der Waals surface area contributed by atoms with Crippen molar-refractivity contribution in [3.63, 3.8) is 0 Å². The second-order valence-electron chi connectivity index (χ2n) is 23.3. The van der Waals surface area contributed by atoms with Crippen molar-refractivity contribution in [2.75, 3.05) is 26.4 Å². The minimum atomic E-state index is -4.42. The molecule has 95 heavy (non-hydrogen) atoms. The van der Waals surface area contributed by atoms with E-state index in [4.69, 9.17) is 24.3 Å². The molecule has 0 spiro atoms.